The van der Waals surface area contributed by atoms with E-state index >= 15 is 0 Å². The Balaban J connectivity index is 1.42. The van der Waals surface area contributed by atoms with Gasteiger partial charge in [0, 0.05) is 42.7 Å². The summed E-state index contributed by atoms with van der Waals surface area (Å²) < 4.78 is 11.7. The minimum absolute atomic E-state index is 0.0437. The molecule has 1 saturated heterocycles. The fourth-order valence-corrected chi connectivity index (χ4v) is 4.88. The number of esters is 1. The van der Waals surface area contributed by atoms with E-state index in [1.807, 2.05) is 43.3 Å². The van der Waals surface area contributed by atoms with Crippen LogP contribution < -0.4 is 9.64 Å². The number of hydrogen-bond donors (Lipinski definition) is 0. The molecule has 7 nitrogen and oxygen atoms in total. The molecule has 1 spiro atoms. The number of fused-ring (bicyclic) bond motifs is 1. The van der Waals surface area contributed by atoms with E-state index in [0.29, 0.717) is 65.9 Å². The van der Waals surface area contributed by atoms with Crippen LogP contribution in [-0.4, -0.2) is 47.0 Å². The number of piperidine rings is 1. The molecule has 0 radical (unpaired) electrons. The van der Waals surface area contributed by atoms with Crippen molar-refractivity contribution in [1.82, 2.24) is 9.97 Å². The molecule has 2 aliphatic rings. The molecule has 35 heavy (non-hydrogen) atoms. The number of aryl methyl sites for hydroxylation is 1. The summed E-state index contributed by atoms with van der Waals surface area (Å²) in [5.41, 5.74) is 2.03. The molecule has 0 N–H and O–H groups in total. The Labute approximate surface area is 209 Å². The van der Waals surface area contributed by atoms with Crippen molar-refractivity contribution in [1.29, 1.82) is 0 Å². The quantitative estimate of drug-likeness (QED) is 0.459. The molecule has 0 atom stereocenters. The summed E-state index contributed by atoms with van der Waals surface area (Å²) in [5.74, 6) is 1.27. The summed E-state index contributed by atoms with van der Waals surface area (Å²) in [6.45, 7) is 5.09. The van der Waals surface area contributed by atoms with E-state index in [1.165, 1.54) is 6.20 Å². The van der Waals surface area contributed by atoms with Gasteiger partial charge in [0.05, 0.1) is 18.6 Å². The second-order valence-electron chi connectivity index (χ2n) is 8.99. The Morgan fingerprint density at radius 2 is 1.94 bits per heavy atom. The molecular weight excluding hydrogens is 466 g/mol. The van der Waals surface area contributed by atoms with Gasteiger partial charge in [-0.25, -0.2) is 14.8 Å². The van der Waals surface area contributed by atoms with E-state index in [-0.39, 0.29) is 12.4 Å². The van der Waals surface area contributed by atoms with Crippen LogP contribution >= 0.6 is 11.6 Å². The second-order valence-corrected chi connectivity index (χ2v) is 9.39. The minimum atomic E-state index is -0.583. The largest absolute Gasteiger partial charge is 0.486 e. The minimum Gasteiger partial charge on any atom is -0.486 e. The van der Waals surface area contributed by atoms with Crippen LogP contribution in [0.3, 0.4) is 0 Å². The van der Waals surface area contributed by atoms with Crippen LogP contribution in [-0.2, 0) is 4.74 Å². The lowest BCUT2D eigenvalue weighted by Gasteiger charge is -2.44. The van der Waals surface area contributed by atoms with E-state index in [2.05, 4.69) is 9.88 Å². The van der Waals surface area contributed by atoms with E-state index in [0.717, 1.165) is 11.1 Å². The first-order valence-corrected chi connectivity index (χ1v) is 12.1. The second kappa shape index (κ2) is 9.30. The van der Waals surface area contributed by atoms with Crippen molar-refractivity contribution in [3.05, 3.63) is 70.4 Å². The SMILES string of the molecule is CCOC(=O)c1cnc(-c2ccccc2)nc1N1CCC2(CC1)CC(=O)c1cc(Cl)c(C)cc1O2. The van der Waals surface area contributed by atoms with Crippen molar-refractivity contribution in [2.24, 2.45) is 0 Å². The van der Waals surface area contributed by atoms with Gasteiger partial charge in [-0.05, 0) is 31.5 Å². The molecule has 0 saturated carbocycles. The first kappa shape index (κ1) is 23.3. The number of hydrogen-bond acceptors (Lipinski definition) is 7. The van der Waals surface area contributed by atoms with E-state index in [4.69, 9.17) is 26.1 Å². The van der Waals surface area contributed by atoms with Crippen LogP contribution in [0.1, 0.15) is 52.5 Å². The standard InChI is InChI=1S/C27H26ClN3O4/c1-3-34-26(33)20-16-29-24(18-7-5-4-6-8-18)30-25(20)31-11-9-27(10-12-31)15-22(32)19-14-21(28)17(2)13-23(19)35-27/h4-8,13-14,16H,3,9-12,15H2,1-2H3. The first-order chi connectivity index (χ1) is 16.9. The zero-order chi connectivity index (χ0) is 24.6. The monoisotopic (exact) mass is 491 g/mol. The van der Waals surface area contributed by atoms with Gasteiger partial charge in [-0.15, -0.1) is 0 Å². The van der Waals surface area contributed by atoms with Crippen molar-refractivity contribution >= 4 is 29.2 Å². The summed E-state index contributed by atoms with van der Waals surface area (Å²) in [5, 5.41) is 0.566. The maximum Gasteiger partial charge on any atom is 0.343 e. The maximum absolute atomic E-state index is 13.0. The molecular formula is C27H26ClN3O4. The van der Waals surface area contributed by atoms with Gasteiger partial charge in [0.15, 0.2) is 11.6 Å². The lowest BCUT2D eigenvalue weighted by atomic mass is 9.82. The van der Waals surface area contributed by atoms with Gasteiger partial charge in [0.1, 0.15) is 22.7 Å². The number of carbonyl (C=O) groups is 2. The van der Waals surface area contributed by atoms with Crippen LogP contribution in [0.4, 0.5) is 5.82 Å². The molecule has 1 aromatic heterocycles. The summed E-state index contributed by atoms with van der Waals surface area (Å²) >= 11 is 6.23. The normalized spacial score (nSPS) is 16.5. The molecule has 0 unspecified atom stereocenters. The fourth-order valence-electron chi connectivity index (χ4n) is 4.71. The summed E-state index contributed by atoms with van der Waals surface area (Å²) in [7, 11) is 0. The summed E-state index contributed by atoms with van der Waals surface area (Å²) in [4.78, 5) is 36.9. The first-order valence-electron chi connectivity index (χ1n) is 11.8. The van der Waals surface area contributed by atoms with Gasteiger partial charge in [-0.1, -0.05) is 41.9 Å². The number of ketones is 1. The average molecular weight is 492 g/mol. The van der Waals surface area contributed by atoms with Gasteiger partial charge in [-0.2, -0.15) is 0 Å². The Bertz CT molecular complexity index is 1290. The zero-order valence-corrected chi connectivity index (χ0v) is 20.5. The molecule has 2 aliphatic heterocycles. The molecule has 8 heteroatoms. The third kappa shape index (κ3) is 4.48. The molecule has 180 valence electrons. The molecule has 3 heterocycles. The van der Waals surface area contributed by atoms with Gasteiger partial charge in [-0.3, -0.25) is 4.79 Å². The van der Waals surface area contributed by atoms with Crippen LogP contribution in [0.25, 0.3) is 11.4 Å². The highest BCUT2D eigenvalue weighted by Gasteiger charge is 2.44. The van der Waals surface area contributed by atoms with Crippen molar-refractivity contribution in [3.8, 4) is 17.1 Å². The van der Waals surface area contributed by atoms with Crippen LogP contribution in [0.15, 0.2) is 48.7 Å². The fraction of sp³-hybridized carbons (Fsp3) is 0.333. The number of halogens is 1. The van der Waals surface area contributed by atoms with E-state index < -0.39 is 11.6 Å². The van der Waals surface area contributed by atoms with Gasteiger partial charge in [0.2, 0.25) is 0 Å². The molecule has 3 aromatic rings. The number of Topliss-reactive ketones (excluding diaryl/α,β-unsaturated/α-hetero) is 1. The topological polar surface area (TPSA) is 81.6 Å². The maximum atomic E-state index is 13.0. The molecule has 0 aliphatic carbocycles. The van der Waals surface area contributed by atoms with Crippen molar-refractivity contribution in [3.63, 3.8) is 0 Å². The number of aromatic nitrogens is 2. The van der Waals surface area contributed by atoms with E-state index in [9.17, 15) is 9.59 Å². The van der Waals surface area contributed by atoms with Crippen LogP contribution in [0.5, 0.6) is 5.75 Å². The lowest BCUT2D eigenvalue weighted by molar-refractivity contribution is 0.0230. The van der Waals surface area contributed by atoms with Crippen LogP contribution in [0, 0.1) is 6.92 Å². The van der Waals surface area contributed by atoms with Crippen molar-refractivity contribution in [2.45, 2.75) is 38.7 Å². The highest BCUT2D eigenvalue weighted by Crippen LogP contribution is 2.42. The number of rotatable bonds is 4. The highest BCUT2D eigenvalue weighted by atomic mass is 35.5. The van der Waals surface area contributed by atoms with Gasteiger partial charge < -0.3 is 14.4 Å². The lowest BCUT2D eigenvalue weighted by Crippen LogP contribution is -2.51. The molecule has 0 amide bonds. The molecule has 1 fully saturated rings. The third-order valence-electron chi connectivity index (χ3n) is 6.64. The third-order valence-corrected chi connectivity index (χ3v) is 7.05. The number of carbonyl (C=O) groups excluding carboxylic acids is 2. The smallest absolute Gasteiger partial charge is 0.343 e. The van der Waals surface area contributed by atoms with Crippen LogP contribution in [0.2, 0.25) is 5.02 Å². The molecule has 0 bridgehead atoms. The Morgan fingerprint density at radius 3 is 2.66 bits per heavy atom. The Kier molecular flexibility index (Phi) is 6.19. The highest BCUT2D eigenvalue weighted by molar-refractivity contribution is 6.31. The number of benzene rings is 2. The Morgan fingerprint density at radius 1 is 1.20 bits per heavy atom. The number of anilines is 1. The average Bonchev–Trinajstić information content (AvgIpc) is 2.86. The summed E-state index contributed by atoms with van der Waals surface area (Å²) in [6, 6.07) is 13.2. The van der Waals surface area contributed by atoms with Gasteiger partial charge in [0.25, 0.3) is 0 Å². The number of ether oxygens (including phenoxy) is 2. The zero-order valence-electron chi connectivity index (χ0n) is 19.7. The summed E-state index contributed by atoms with van der Waals surface area (Å²) in [6.07, 6.45) is 3.08. The van der Waals surface area contributed by atoms with Crippen molar-refractivity contribution < 1.29 is 19.1 Å². The number of nitrogens with zero attached hydrogens (tertiary/aromatic N) is 3. The molecule has 5 rings (SSSR count). The Hall–Kier alpha value is -3.45. The van der Waals surface area contributed by atoms with Gasteiger partial charge >= 0.3 is 5.97 Å². The van der Waals surface area contributed by atoms with E-state index in [1.54, 1.807) is 13.0 Å². The van der Waals surface area contributed by atoms with Crippen molar-refractivity contribution in [2.75, 3.05) is 24.6 Å². The predicted molar refractivity (Wildman–Crippen MR) is 133 cm³/mol. The predicted octanol–water partition coefficient (Wildman–Crippen LogP) is 5.29. The molecule has 2 aromatic carbocycles.